The zero-order valence-electron chi connectivity index (χ0n) is 25.5. The quantitative estimate of drug-likeness (QED) is 0.344. The van der Waals surface area contributed by atoms with Gasteiger partial charge in [0.2, 0.25) is 0 Å². The minimum atomic E-state index is 0.245. The minimum Gasteiger partial charge on any atom is -0.508 e. The molecule has 0 unspecified atom stereocenters. The molecule has 4 fully saturated rings. The summed E-state index contributed by atoms with van der Waals surface area (Å²) in [6.45, 7) is 10.5. The molecule has 41 heavy (non-hydrogen) atoms. The average Bonchev–Trinajstić information content (AvgIpc) is 2.96. The van der Waals surface area contributed by atoms with E-state index in [2.05, 4.69) is 91.7 Å². The predicted molar refractivity (Wildman–Crippen MR) is 170 cm³/mol. The number of likely N-dealkylation sites (tertiary alicyclic amines) is 1. The highest BCUT2D eigenvalue weighted by Crippen LogP contribution is 2.51. The number of rotatable bonds is 4. The van der Waals surface area contributed by atoms with Gasteiger partial charge in [-0.3, -0.25) is 4.90 Å². The first-order valence-electron chi connectivity index (χ1n) is 16.3. The van der Waals surface area contributed by atoms with Crippen molar-refractivity contribution in [3.05, 3.63) is 101 Å². The first kappa shape index (κ1) is 28.5. The number of hydrogen-bond acceptors (Lipinski definition) is 3. The topological polar surface area (TPSA) is 35.5 Å². The van der Waals surface area contributed by atoms with Crippen molar-refractivity contribution < 1.29 is 5.11 Å². The fourth-order valence-electron chi connectivity index (χ4n) is 9.33. The number of hydrogen-bond donors (Lipinski definition) is 2. The van der Waals surface area contributed by atoms with Gasteiger partial charge in [0, 0.05) is 29.5 Å². The van der Waals surface area contributed by atoms with Crippen molar-refractivity contribution in [3.63, 3.8) is 0 Å². The zero-order valence-corrected chi connectivity index (χ0v) is 25.5. The van der Waals surface area contributed by atoms with Crippen molar-refractivity contribution in [2.24, 2.45) is 11.8 Å². The molecular formula is C38H50N2O. The van der Waals surface area contributed by atoms with Crippen molar-refractivity contribution >= 4 is 0 Å². The van der Waals surface area contributed by atoms with Crippen LogP contribution in [0.25, 0.3) is 0 Å². The van der Waals surface area contributed by atoms with E-state index in [-0.39, 0.29) is 5.41 Å². The van der Waals surface area contributed by atoms with E-state index in [0.29, 0.717) is 23.1 Å². The van der Waals surface area contributed by atoms with Crippen molar-refractivity contribution in [2.45, 2.75) is 102 Å². The minimum absolute atomic E-state index is 0.245. The maximum atomic E-state index is 9.96. The predicted octanol–water partition coefficient (Wildman–Crippen LogP) is 8.14. The molecule has 0 aromatic heterocycles. The van der Waals surface area contributed by atoms with Gasteiger partial charge in [0.1, 0.15) is 5.75 Å². The molecule has 2 N–H and O–H groups in total. The lowest BCUT2D eigenvalue weighted by Gasteiger charge is -2.55. The summed E-state index contributed by atoms with van der Waals surface area (Å²) in [5.74, 6) is 1.82. The van der Waals surface area contributed by atoms with Crippen LogP contribution in [0.15, 0.2) is 78.9 Å². The van der Waals surface area contributed by atoms with E-state index in [1.165, 1.54) is 74.6 Å². The van der Waals surface area contributed by atoms with Crippen LogP contribution >= 0.6 is 0 Å². The number of aryl methyl sites for hydroxylation is 1. The highest BCUT2D eigenvalue weighted by Gasteiger charge is 2.49. The van der Waals surface area contributed by atoms with Gasteiger partial charge < -0.3 is 10.4 Å². The second-order valence-corrected chi connectivity index (χ2v) is 13.7. The van der Waals surface area contributed by atoms with Gasteiger partial charge in [-0.25, -0.2) is 0 Å². The Morgan fingerprint density at radius 3 is 2.24 bits per heavy atom. The molecular weight excluding hydrogens is 500 g/mol. The molecule has 3 aromatic rings. The number of aromatic hydroxyl groups is 1. The van der Waals surface area contributed by atoms with Crippen LogP contribution in [0, 0.1) is 18.8 Å². The maximum Gasteiger partial charge on any atom is 0.115 e. The Balaban J connectivity index is 0.000000156. The van der Waals surface area contributed by atoms with Gasteiger partial charge in [-0.2, -0.15) is 0 Å². The first-order chi connectivity index (χ1) is 19.9. The van der Waals surface area contributed by atoms with Gasteiger partial charge in [0.15, 0.2) is 0 Å². The third kappa shape index (κ3) is 5.48. The van der Waals surface area contributed by atoms with E-state index >= 15 is 0 Å². The van der Waals surface area contributed by atoms with Crippen LogP contribution in [0.5, 0.6) is 5.75 Å². The Bertz CT molecular complexity index is 1290. The van der Waals surface area contributed by atoms with Crippen molar-refractivity contribution in [2.75, 3.05) is 13.1 Å². The number of phenolic OH excluding ortho intramolecular Hbond substituents is 1. The number of benzene rings is 3. The summed E-state index contributed by atoms with van der Waals surface area (Å²) < 4.78 is 0. The molecule has 4 bridgehead atoms. The third-order valence-corrected chi connectivity index (χ3v) is 11.7. The van der Waals surface area contributed by atoms with Crippen LogP contribution in [0.3, 0.4) is 0 Å². The van der Waals surface area contributed by atoms with E-state index in [0.717, 1.165) is 25.0 Å². The molecule has 218 valence electrons. The molecule has 6 atom stereocenters. The van der Waals surface area contributed by atoms with Gasteiger partial charge in [0.05, 0.1) is 0 Å². The largest absolute Gasteiger partial charge is 0.508 e. The van der Waals surface area contributed by atoms with Gasteiger partial charge in [0.25, 0.3) is 0 Å². The van der Waals surface area contributed by atoms with Crippen LogP contribution in [-0.2, 0) is 17.4 Å². The first-order valence-corrected chi connectivity index (χ1v) is 16.3. The van der Waals surface area contributed by atoms with Crippen LogP contribution in [0.2, 0.25) is 0 Å². The maximum absolute atomic E-state index is 9.96. The highest BCUT2D eigenvalue weighted by molar-refractivity contribution is 5.36. The molecule has 3 heteroatoms. The number of piperidine rings is 2. The molecule has 0 radical (unpaired) electrons. The Labute approximate surface area is 248 Å². The number of nitrogens with zero attached hydrogens (tertiary/aromatic N) is 1. The molecule has 3 nitrogen and oxygen atoms in total. The normalized spacial score (nSPS) is 33.0. The van der Waals surface area contributed by atoms with Gasteiger partial charge in [-0.1, -0.05) is 99.0 Å². The van der Waals surface area contributed by atoms with Crippen molar-refractivity contribution in [3.8, 4) is 5.75 Å². The van der Waals surface area contributed by atoms with E-state index in [1.54, 1.807) is 11.6 Å². The second-order valence-electron chi connectivity index (χ2n) is 13.7. The average molecular weight is 551 g/mol. The monoisotopic (exact) mass is 550 g/mol. The standard InChI is InChI=1S/C22H27NO.C16H23N/c1-17-21-11-6-12-22(17,19-9-5-10-20(24)15-19)13-14-23(21)16-18-7-3-2-4-8-18;1-12-5-3-6-14(11-12)16-8-4-7-15(13(16)2)17-10-9-16/h2-5,7-10,15,17,21,24H,6,11-14,16H2,1H3;3,5-6,11,13,15,17H,4,7-10H2,1-2H3/t17-,21+,22+;13-,15+,16+/m00/s1. The molecule has 4 aliphatic rings. The Kier molecular flexibility index (Phi) is 8.30. The van der Waals surface area contributed by atoms with Gasteiger partial charge in [-0.05, 0) is 99.2 Å². The molecule has 3 aromatic carbocycles. The van der Waals surface area contributed by atoms with E-state index in [1.807, 2.05) is 12.1 Å². The second kappa shape index (κ2) is 11.9. The van der Waals surface area contributed by atoms with Crippen LogP contribution < -0.4 is 5.32 Å². The van der Waals surface area contributed by atoms with Crippen LogP contribution in [0.1, 0.15) is 87.5 Å². The summed E-state index contributed by atoms with van der Waals surface area (Å²) in [5.41, 5.74) is 6.47. The summed E-state index contributed by atoms with van der Waals surface area (Å²) in [5, 5.41) is 13.7. The molecule has 2 saturated heterocycles. The summed E-state index contributed by atoms with van der Waals surface area (Å²) in [6, 6.07) is 29.5. The lowest BCUT2D eigenvalue weighted by molar-refractivity contribution is -0.00795. The number of nitrogens with one attached hydrogen (secondary N) is 1. The summed E-state index contributed by atoms with van der Waals surface area (Å²) in [6.07, 6.45) is 10.5. The SMILES string of the molecule is C[C@H]1[C@H]2CCC[C@@]1(c1cccc(O)c1)CCN2Cc1ccccc1.Cc1cccc([C@]23CCC[C@@H](NCC2)[C@@H]3C)c1. The summed E-state index contributed by atoms with van der Waals surface area (Å²) >= 11 is 0. The Morgan fingerprint density at radius 1 is 0.780 bits per heavy atom. The highest BCUT2D eigenvalue weighted by atomic mass is 16.3. The third-order valence-electron chi connectivity index (χ3n) is 11.7. The molecule has 0 spiro atoms. The van der Waals surface area contributed by atoms with Crippen LogP contribution in [-0.4, -0.2) is 35.2 Å². The summed E-state index contributed by atoms with van der Waals surface area (Å²) in [4.78, 5) is 2.69. The molecule has 0 amide bonds. The van der Waals surface area contributed by atoms with Gasteiger partial charge in [-0.15, -0.1) is 0 Å². The fourth-order valence-corrected chi connectivity index (χ4v) is 9.33. The lowest BCUT2D eigenvalue weighted by Crippen LogP contribution is -2.57. The zero-order chi connectivity index (χ0) is 28.5. The van der Waals surface area contributed by atoms with Crippen LogP contribution in [0.4, 0.5) is 0 Å². The fraction of sp³-hybridized carbons (Fsp3) is 0.526. The lowest BCUT2D eigenvalue weighted by atomic mass is 9.57. The molecule has 2 aliphatic carbocycles. The molecule has 2 aliphatic heterocycles. The number of phenols is 1. The van der Waals surface area contributed by atoms with Crippen molar-refractivity contribution in [1.29, 1.82) is 0 Å². The Hall–Kier alpha value is -2.62. The molecule has 7 rings (SSSR count). The van der Waals surface area contributed by atoms with E-state index in [4.69, 9.17) is 0 Å². The van der Waals surface area contributed by atoms with E-state index in [9.17, 15) is 5.11 Å². The molecule has 2 saturated carbocycles. The molecule has 2 heterocycles. The van der Waals surface area contributed by atoms with Crippen molar-refractivity contribution in [1.82, 2.24) is 10.2 Å². The number of fused-ring (bicyclic) bond motifs is 4. The summed E-state index contributed by atoms with van der Waals surface area (Å²) in [7, 11) is 0. The smallest absolute Gasteiger partial charge is 0.115 e. The van der Waals surface area contributed by atoms with E-state index < -0.39 is 0 Å². The van der Waals surface area contributed by atoms with Gasteiger partial charge >= 0.3 is 0 Å². The Morgan fingerprint density at radius 2 is 1.49 bits per heavy atom.